The van der Waals surface area contributed by atoms with Crippen molar-refractivity contribution in [1.82, 2.24) is 23.7 Å². The van der Waals surface area contributed by atoms with Crippen LogP contribution in [0.15, 0.2) is 176 Å². The lowest BCUT2D eigenvalue weighted by Gasteiger charge is -2.16. The van der Waals surface area contributed by atoms with Gasteiger partial charge in [0.2, 0.25) is 0 Å². The van der Waals surface area contributed by atoms with E-state index in [1.165, 1.54) is 33.3 Å². The van der Waals surface area contributed by atoms with Gasteiger partial charge in [-0.3, -0.25) is 0 Å². The molecule has 9 aromatic carbocycles. The Morgan fingerprint density at radius 2 is 0.877 bits per heavy atom. The van der Waals surface area contributed by atoms with Crippen LogP contribution in [0.1, 0.15) is 0 Å². The first kappa shape index (κ1) is 31.9. The topological polar surface area (TPSA) is 64.5 Å². The molecule has 0 unspecified atom stereocenters. The number of benzene rings is 9. The average molecular weight is 744 g/mol. The lowest BCUT2D eigenvalue weighted by Crippen LogP contribution is -1.99. The number of fused-ring (bicyclic) bond motifs is 11. The first-order chi connectivity index (χ1) is 28.3. The van der Waals surface area contributed by atoms with Crippen LogP contribution in [0.25, 0.3) is 121 Å². The standard InChI is InChI=1S/C51H29N5S/c1-2-14-30(15-3-1)48-43-28-42(49-50(56-57-55-49)47(43)39-24-12-13-25-44(39)52-48)46-29-45(40-26-31-16-4-6-18-33(31)35-20-8-10-22-37(35)40)53-51(54-46)41-27-32-17-5-7-19-34(32)36-21-9-11-23-38(36)41/h1-29H. The molecule has 0 radical (unpaired) electrons. The summed E-state index contributed by atoms with van der Waals surface area (Å²) in [6.45, 7) is 0. The Bertz CT molecular complexity index is 3460. The minimum atomic E-state index is 0.651. The lowest BCUT2D eigenvalue weighted by atomic mass is 9.93. The lowest BCUT2D eigenvalue weighted by molar-refractivity contribution is 1.19. The maximum absolute atomic E-state index is 5.51. The van der Waals surface area contributed by atoms with Crippen LogP contribution in [-0.4, -0.2) is 23.7 Å². The third-order valence-electron chi connectivity index (χ3n) is 11.3. The van der Waals surface area contributed by atoms with E-state index in [4.69, 9.17) is 23.7 Å². The molecule has 0 aliphatic heterocycles. The zero-order valence-electron chi connectivity index (χ0n) is 30.4. The Balaban J connectivity index is 1.22. The summed E-state index contributed by atoms with van der Waals surface area (Å²) in [4.78, 5) is 16.3. The molecule has 0 atom stereocenters. The normalized spacial score (nSPS) is 11.9. The first-order valence-electron chi connectivity index (χ1n) is 19.0. The molecule has 264 valence electrons. The van der Waals surface area contributed by atoms with E-state index in [1.54, 1.807) is 0 Å². The number of hydrogen-bond donors (Lipinski definition) is 0. The molecule has 6 heteroatoms. The van der Waals surface area contributed by atoms with Crippen LogP contribution in [0.2, 0.25) is 0 Å². The van der Waals surface area contributed by atoms with E-state index in [2.05, 4.69) is 164 Å². The van der Waals surface area contributed by atoms with Crippen molar-refractivity contribution in [1.29, 1.82) is 0 Å². The number of para-hydroxylation sites is 1. The maximum Gasteiger partial charge on any atom is 0.161 e. The van der Waals surface area contributed by atoms with Crippen LogP contribution in [-0.2, 0) is 0 Å². The van der Waals surface area contributed by atoms with Crippen LogP contribution in [0.4, 0.5) is 0 Å². The van der Waals surface area contributed by atoms with Crippen LogP contribution in [0, 0.1) is 0 Å². The summed E-state index contributed by atoms with van der Waals surface area (Å²) in [6, 6.07) is 61.9. The Hall–Kier alpha value is -7.41. The maximum atomic E-state index is 5.51. The van der Waals surface area contributed by atoms with Gasteiger partial charge in [-0.2, -0.15) is 8.75 Å². The summed E-state index contributed by atoms with van der Waals surface area (Å²) in [5, 5.41) is 12.4. The molecule has 12 aromatic rings. The van der Waals surface area contributed by atoms with Gasteiger partial charge in [0.25, 0.3) is 0 Å². The molecule has 12 rings (SSSR count). The molecule has 0 amide bonds. The molecule has 0 saturated carbocycles. The quantitative estimate of drug-likeness (QED) is 0.168. The van der Waals surface area contributed by atoms with Crippen molar-refractivity contribution in [2.45, 2.75) is 0 Å². The molecule has 0 fully saturated rings. The molecule has 0 bridgehead atoms. The highest BCUT2D eigenvalue weighted by Gasteiger charge is 2.22. The zero-order valence-corrected chi connectivity index (χ0v) is 31.2. The molecule has 3 aromatic heterocycles. The highest BCUT2D eigenvalue weighted by atomic mass is 32.1. The summed E-state index contributed by atoms with van der Waals surface area (Å²) in [7, 11) is 0. The largest absolute Gasteiger partial charge is 0.247 e. The molecule has 5 nitrogen and oxygen atoms in total. The van der Waals surface area contributed by atoms with Crippen molar-refractivity contribution < 1.29 is 0 Å². The minimum Gasteiger partial charge on any atom is -0.247 e. The summed E-state index contributed by atoms with van der Waals surface area (Å²) in [5.41, 5.74) is 9.04. The predicted octanol–water partition coefficient (Wildman–Crippen LogP) is 13.5. The molecule has 3 heterocycles. The highest BCUT2D eigenvalue weighted by Crippen LogP contribution is 2.43. The van der Waals surface area contributed by atoms with E-state index in [0.29, 0.717) is 5.82 Å². The monoisotopic (exact) mass is 743 g/mol. The number of nitrogens with zero attached hydrogens (tertiary/aromatic N) is 5. The fourth-order valence-corrected chi connectivity index (χ4v) is 9.29. The summed E-state index contributed by atoms with van der Waals surface area (Å²) < 4.78 is 9.98. The van der Waals surface area contributed by atoms with Crippen molar-refractivity contribution in [3.05, 3.63) is 176 Å². The van der Waals surface area contributed by atoms with Crippen molar-refractivity contribution in [2.24, 2.45) is 0 Å². The number of aromatic nitrogens is 5. The molecular formula is C51H29N5S. The second-order valence-electron chi connectivity index (χ2n) is 14.5. The van der Waals surface area contributed by atoms with Crippen LogP contribution < -0.4 is 0 Å². The van der Waals surface area contributed by atoms with Crippen molar-refractivity contribution >= 4 is 87.5 Å². The molecule has 0 aliphatic rings. The van der Waals surface area contributed by atoms with E-state index >= 15 is 0 Å². The average Bonchev–Trinajstić information content (AvgIpc) is 3.78. The van der Waals surface area contributed by atoms with E-state index in [9.17, 15) is 0 Å². The SMILES string of the molecule is c1ccc(-c2nc3ccccc3c3c2cc(-c2cc(-c4cc5ccccc5c5ccccc45)nc(-c4cc5ccccc5c5ccccc45)n2)c2nsnc23)cc1. The summed E-state index contributed by atoms with van der Waals surface area (Å²) >= 11 is 1.23. The van der Waals surface area contributed by atoms with Crippen molar-refractivity contribution in [3.8, 4) is 45.2 Å². The Kier molecular flexibility index (Phi) is 7.03. The molecule has 0 saturated heterocycles. The van der Waals surface area contributed by atoms with Crippen LogP contribution >= 0.6 is 11.7 Å². The number of pyridine rings is 1. The van der Waals surface area contributed by atoms with E-state index < -0.39 is 0 Å². The molecule has 0 N–H and O–H groups in total. The second-order valence-corrected chi connectivity index (χ2v) is 15.0. The van der Waals surface area contributed by atoms with Crippen LogP contribution in [0.5, 0.6) is 0 Å². The fraction of sp³-hybridized carbons (Fsp3) is 0. The third-order valence-corrected chi connectivity index (χ3v) is 11.8. The minimum absolute atomic E-state index is 0.651. The van der Waals surface area contributed by atoms with E-state index in [0.717, 1.165) is 93.6 Å². The van der Waals surface area contributed by atoms with Gasteiger partial charge in [0.05, 0.1) is 34.3 Å². The van der Waals surface area contributed by atoms with Gasteiger partial charge < -0.3 is 0 Å². The zero-order chi connectivity index (χ0) is 37.5. The predicted molar refractivity (Wildman–Crippen MR) is 238 cm³/mol. The first-order valence-corrected chi connectivity index (χ1v) is 19.7. The molecular weight excluding hydrogens is 715 g/mol. The van der Waals surface area contributed by atoms with Gasteiger partial charge in [-0.1, -0.05) is 146 Å². The Morgan fingerprint density at radius 3 is 1.58 bits per heavy atom. The smallest absolute Gasteiger partial charge is 0.161 e. The van der Waals surface area contributed by atoms with Crippen LogP contribution in [0.3, 0.4) is 0 Å². The van der Waals surface area contributed by atoms with Gasteiger partial charge in [0, 0.05) is 38.4 Å². The van der Waals surface area contributed by atoms with Gasteiger partial charge in [-0.15, -0.1) is 0 Å². The van der Waals surface area contributed by atoms with Gasteiger partial charge in [-0.25, -0.2) is 15.0 Å². The molecule has 57 heavy (non-hydrogen) atoms. The summed E-state index contributed by atoms with van der Waals surface area (Å²) in [5.74, 6) is 0.651. The molecule has 0 aliphatic carbocycles. The van der Waals surface area contributed by atoms with Crippen molar-refractivity contribution in [3.63, 3.8) is 0 Å². The van der Waals surface area contributed by atoms with Gasteiger partial charge in [0.1, 0.15) is 11.0 Å². The van der Waals surface area contributed by atoms with E-state index in [1.807, 2.05) is 12.1 Å². The Labute approximate surface area is 330 Å². The second kappa shape index (κ2) is 12.6. The number of rotatable bonds is 4. The van der Waals surface area contributed by atoms with Gasteiger partial charge in [-0.05, 0) is 73.4 Å². The highest BCUT2D eigenvalue weighted by molar-refractivity contribution is 7.00. The van der Waals surface area contributed by atoms with Gasteiger partial charge >= 0.3 is 0 Å². The molecule has 0 spiro atoms. The van der Waals surface area contributed by atoms with E-state index in [-0.39, 0.29) is 0 Å². The fourth-order valence-electron chi connectivity index (χ4n) is 8.72. The number of hydrogen-bond acceptors (Lipinski definition) is 6. The Morgan fingerprint density at radius 1 is 0.351 bits per heavy atom. The summed E-state index contributed by atoms with van der Waals surface area (Å²) in [6.07, 6.45) is 0. The van der Waals surface area contributed by atoms with Gasteiger partial charge in [0.15, 0.2) is 5.82 Å². The van der Waals surface area contributed by atoms with Crippen molar-refractivity contribution in [2.75, 3.05) is 0 Å². The third kappa shape index (κ3) is 4.98.